The van der Waals surface area contributed by atoms with Crippen LogP contribution in [0.15, 0.2) is 18.2 Å². The number of hydrogen-bond acceptors (Lipinski definition) is 3. The van der Waals surface area contributed by atoms with Crippen LogP contribution < -0.4 is 15.5 Å². The average Bonchev–Trinajstić information content (AvgIpc) is 3.14. The minimum atomic E-state index is 0.0595. The number of halogens is 1. The highest BCUT2D eigenvalue weighted by atomic mass is 35.5. The molecule has 5 aliphatic rings. The highest BCUT2D eigenvalue weighted by Crippen LogP contribution is 2.61. The van der Waals surface area contributed by atoms with Gasteiger partial charge >= 0.3 is 0 Å². The summed E-state index contributed by atoms with van der Waals surface area (Å²) in [6.07, 6.45) is 11.0. The van der Waals surface area contributed by atoms with Gasteiger partial charge in [-0.3, -0.25) is 4.79 Å². The molecule has 1 aromatic carbocycles. The van der Waals surface area contributed by atoms with Crippen molar-refractivity contribution < 1.29 is 4.79 Å². The van der Waals surface area contributed by atoms with Crippen LogP contribution in [-0.2, 0) is 4.79 Å². The van der Waals surface area contributed by atoms with E-state index in [1.165, 1.54) is 51.4 Å². The molecule has 4 nitrogen and oxygen atoms in total. The number of thiocarbonyl (C=S) groups is 1. The van der Waals surface area contributed by atoms with E-state index in [0.29, 0.717) is 11.5 Å². The Morgan fingerprint density at radius 1 is 1.10 bits per heavy atom. The van der Waals surface area contributed by atoms with E-state index in [2.05, 4.69) is 15.5 Å². The molecule has 6 heteroatoms. The van der Waals surface area contributed by atoms with E-state index < -0.39 is 0 Å². The minimum Gasteiger partial charge on any atom is -0.370 e. The summed E-state index contributed by atoms with van der Waals surface area (Å²) in [5, 5.41) is 7.14. The number of amides is 1. The van der Waals surface area contributed by atoms with Crippen molar-refractivity contribution in [1.82, 2.24) is 5.32 Å². The maximum absolute atomic E-state index is 12.8. The molecule has 0 unspecified atom stereocenters. The molecule has 1 amide bonds. The Morgan fingerprint density at radius 3 is 2.31 bits per heavy atom. The highest BCUT2D eigenvalue weighted by Gasteiger charge is 2.51. The molecule has 1 aliphatic heterocycles. The van der Waals surface area contributed by atoms with Crippen LogP contribution in [-0.4, -0.2) is 24.1 Å². The first-order chi connectivity index (χ1) is 14.0. The van der Waals surface area contributed by atoms with E-state index in [9.17, 15) is 4.79 Å². The number of nitrogens with zero attached hydrogens (tertiary/aromatic N) is 1. The second kappa shape index (κ2) is 7.73. The lowest BCUT2D eigenvalue weighted by Crippen LogP contribution is -2.48. The van der Waals surface area contributed by atoms with Crippen LogP contribution in [0.1, 0.15) is 57.8 Å². The number of benzene rings is 1. The topological polar surface area (TPSA) is 44.4 Å². The van der Waals surface area contributed by atoms with Gasteiger partial charge in [0, 0.05) is 25.2 Å². The van der Waals surface area contributed by atoms with Crippen molar-refractivity contribution in [3.8, 4) is 0 Å². The molecule has 29 heavy (non-hydrogen) atoms. The molecule has 1 heterocycles. The number of carbonyl (C=O) groups excluding carboxylic acids is 1. The van der Waals surface area contributed by atoms with E-state index in [-0.39, 0.29) is 11.3 Å². The Labute approximate surface area is 183 Å². The second-order valence-electron chi connectivity index (χ2n) is 9.96. The van der Waals surface area contributed by atoms with E-state index >= 15 is 0 Å². The zero-order valence-electron chi connectivity index (χ0n) is 16.9. The predicted octanol–water partition coefficient (Wildman–Crippen LogP) is 5.36. The average molecular weight is 432 g/mol. The second-order valence-corrected chi connectivity index (χ2v) is 10.8. The first-order valence-electron chi connectivity index (χ1n) is 11.1. The third-order valence-corrected chi connectivity index (χ3v) is 8.11. The molecule has 5 fully saturated rings. The molecule has 6 rings (SSSR count). The molecule has 0 atom stereocenters. The fourth-order valence-electron chi connectivity index (χ4n) is 6.98. The van der Waals surface area contributed by atoms with Crippen LogP contribution in [0.5, 0.6) is 0 Å². The van der Waals surface area contributed by atoms with E-state index in [1.54, 1.807) is 0 Å². The van der Waals surface area contributed by atoms with Crippen molar-refractivity contribution in [3.05, 3.63) is 23.2 Å². The summed E-state index contributed by atoms with van der Waals surface area (Å²) in [6, 6.07) is 5.92. The summed E-state index contributed by atoms with van der Waals surface area (Å²) in [6.45, 7) is 2.12. The summed E-state index contributed by atoms with van der Waals surface area (Å²) >= 11 is 11.9. The number of hydrogen-bond donors (Lipinski definition) is 2. The van der Waals surface area contributed by atoms with Crippen molar-refractivity contribution in [2.24, 2.45) is 23.2 Å². The molecule has 0 radical (unpaired) electrons. The zero-order chi connectivity index (χ0) is 20.0. The van der Waals surface area contributed by atoms with Crippen LogP contribution in [0.25, 0.3) is 0 Å². The van der Waals surface area contributed by atoms with Gasteiger partial charge < -0.3 is 15.5 Å². The Hall–Kier alpha value is -1.33. The molecule has 1 aromatic rings. The molecule has 156 valence electrons. The first-order valence-corrected chi connectivity index (χ1v) is 11.9. The summed E-state index contributed by atoms with van der Waals surface area (Å²) in [5.74, 6) is 2.63. The Morgan fingerprint density at radius 2 is 1.72 bits per heavy atom. The SMILES string of the molecule is O=C(CC12CC3CC(CC(C3)C1)C2)NC(=S)Nc1ccc(N2CCCC2)c(Cl)c1. The fraction of sp³-hybridized carbons (Fsp3) is 0.652. The Bertz CT molecular complexity index is 785. The summed E-state index contributed by atoms with van der Waals surface area (Å²) in [5.41, 5.74) is 2.12. The normalized spacial score (nSPS) is 32.4. The van der Waals surface area contributed by atoms with Crippen LogP contribution in [0, 0.1) is 23.2 Å². The van der Waals surface area contributed by atoms with Gasteiger partial charge in [0.15, 0.2) is 5.11 Å². The van der Waals surface area contributed by atoms with Gasteiger partial charge in [-0.05, 0) is 105 Å². The Kier molecular flexibility index (Phi) is 5.23. The van der Waals surface area contributed by atoms with E-state index in [4.69, 9.17) is 23.8 Å². The molecule has 0 aromatic heterocycles. The van der Waals surface area contributed by atoms with Crippen molar-refractivity contribution in [2.45, 2.75) is 57.8 Å². The van der Waals surface area contributed by atoms with Crippen LogP contribution in [0.2, 0.25) is 5.02 Å². The van der Waals surface area contributed by atoms with Gasteiger partial charge in [-0.15, -0.1) is 0 Å². The lowest BCUT2D eigenvalue weighted by molar-refractivity contribution is -0.127. The molecule has 0 spiro atoms. The smallest absolute Gasteiger partial charge is 0.226 e. The fourth-order valence-corrected chi connectivity index (χ4v) is 7.51. The van der Waals surface area contributed by atoms with Crippen molar-refractivity contribution in [1.29, 1.82) is 0 Å². The van der Waals surface area contributed by atoms with Crippen LogP contribution in [0.3, 0.4) is 0 Å². The van der Waals surface area contributed by atoms with Crippen LogP contribution >= 0.6 is 23.8 Å². The van der Waals surface area contributed by atoms with Gasteiger partial charge in [-0.1, -0.05) is 11.6 Å². The van der Waals surface area contributed by atoms with E-state index in [1.807, 2.05) is 18.2 Å². The van der Waals surface area contributed by atoms with Crippen molar-refractivity contribution >= 4 is 46.2 Å². The van der Waals surface area contributed by atoms with Gasteiger partial charge in [0.2, 0.25) is 5.91 Å². The van der Waals surface area contributed by atoms with Crippen molar-refractivity contribution in [2.75, 3.05) is 23.3 Å². The monoisotopic (exact) mass is 431 g/mol. The standard InChI is InChI=1S/C23H30ClN3OS/c24-19-10-18(3-4-20(19)27-5-1-2-6-27)25-22(29)26-21(28)14-23-11-15-7-16(12-23)9-17(8-15)13-23/h3-4,10,15-17H,1-2,5-9,11-14H2,(H2,25,26,28,29). The molecular formula is C23H30ClN3OS. The molecule has 1 saturated heterocycles. The van der Waals surface area contributed by atoms with Gasteiger partial charge in [-0.25, -0.2) is 0 Å². The van der Waals surface area contributed by atoms with Crippen molar-refractivity contribution in [3.63, 3.8) is 0 Å². The summed E-state index contributed by atoms with van der Waals surface area (Å²) in [4.78, 5) is 15.1. The van der Waals surface area contributed by atoms with Gasteiger partial charge in [0.1, 0.15) is 0 Å². The van der Waals surface area contributed by atoms with Gasteiger partial charge in [0.05, 0.1) is 10.7 Å². The molecule has 4 aliphatic carbocycles. The molecule has 2 N–H and O–H groups in total. The third kappa shape index (κ3) is 4.13. The molecular weight excluding hydrogens is 402 g/mol. The highest BCUT2D eigenvalue weighted by molar-refractivity contribution is 7.80. The maximum Gasteiger partial charge on any atom is 0.226 e. The molecule has 4 bridgehead atoms. The largest absolute Gasteiger partial charge is 0.370 e. The first kappa shape index (κ1) is 19.6. The number of anilines is 2. The quantitative estimate of drug-likeness (QED) is 0.630. The predicted molar refractivity (Wildman–Crippen MR) is 122 cm³/mol. The summed E-state index contributed by atoms with van der Waals surface area (Å²) < 4.78 is 0. The molecule has 4 saturated carbocycles. The maximum atomic E-state index is 12.8. The Balaban J connectivity index is 1.17. The van der Waals surface area contributed by atoms with E-state index in [0.717, 1.165) is 47.2 Å². The van der Waals surface area contributed by atoms with Gasteiger partial charge in [0.25, 0.3) is 0 Å². The number of rotatable bonds is 4. The minimum absolute atomic E-state index is 0.0595. The summed E-state index contributed by atoms with van der Waals surface area (Å²) in [7, 11) is 0. The van der Waals surface area contributed by atoms with Crippen LogP contribution in [0.4, 0.5) is 11.4 Å². The number of nitrogens with one attached hydrogen (secondary N) is 2. The zero-order valence-corrected chi connectivity index (χ0v) is 18.5. The lowest BCUT2D eigenvalue weighted by atomic mass is 9.49. The van der Waals surface area contributed by atoms with Gasteiger partial charge in [-0.2, -0.15) is 0 Å². The lowest BCUT2D eigenvalue weighted by Gasteiger charge is -2.56. The third-order valence-electron chi connectivity index (χ3n) is 7.61. The number of carbonyl (C=O) groups is 1.